The van der Waals surface area contributed by atoms with Crippen molar-refractivity contribution in [2.24, 2.45) is 5.73 Å². The van der Waals surface area contributed by atoms with Crippen molar-refractivity contribution in [2.45, 2.75) is 12.1 Å². The average molecular weight is 562 g/mol. The highest BCUT2D eigenvalue weighted by atomic mass is 32.2. The van der Waals surface area contributed by atoms with E-state index in [0.717, 1.165) is 46.8 Å². The fourth-order valence-electron chi connectivity index (χ4n) is 3.39. The van der Waals surface area contributed by atoms with Crippen molar-refractivity contribution >= 4 is 54.1 Å². The molecule has 3 rings (SSSR count). The molecule has 9 nitrogen and oxygen atoms in total. The summed E-state index contributed by atoms with van der Waals surface area (Å²) in [5, 5.41) is 5.01. The fraction of sp³-hybridized carbons (Fsp3) is 0.318. The van der Waals surface area contributed by atoms with E-state index in [-0.39, 0.29) is 34.0 Å². The Balaban J connectivity index is 1.84. The third-order valence-corrected chi connectivity index (χ3v) is 6.94. The lowest BCUT2D eigenvalue weighted by atomic mass is 9.96. The molecule has 0 aliphatic heterocycles. The molecule has 15 heteroatoms. The number of benzene rings is 2. The minimum absolute atomic E-state index is 0.0829. The van der Waals surface area contributed by atoms with E-state index in [1.807, 2.05) is 0 Å². The monoisotopic (exact) mass is 561 g/mol. The number of urea groups is 1. The van der Waals surface area contributed by atoms with Crippen LogP contribution in [-0.2, 0) is 14.6 Å². The molecule has 3 aromatic rings. The first-order valence-corrected chi connectivity index (χ1v) is 13.6. The first-order chi connectivity index (χ1) is 17.3. The van der Waals surface area contributed by atoms with Gasteiger partial charge in [-0.1, -0.05) is 17.4 Å². The summed E-state index contributed by atoms with van der Waals surface area (Å²) in [7, 11) is -3.53. The van der Waals surface area contributed by atoms with Crippen molar-refractivity contribution in [1.29, 1.82) is 0 Å². The number of carbonyl (C=O) groups is 2. The number of anilines is 2. The number of alkyl halides is 3. The molecule has 3 amide bonds. The first kappa shape index (κ1) is 28.3. The molecule has 0 fully saturated rings. The number of amides is 3. The Bertz CT molecular complexity index is 1380. The minimum atomic E-state index is -4.97. The van der Waals surface area contributed by atoms with Crippen molar-refractivity contribution < 1.29 is 35.6 Å². The van der Waals surface area contributed by atoms with E-state index < -0.39 is 52.0 Å². The minimum Gasteiger partial charge on any atom is -0.340 e. The molecule has 0 radical (unpaired) electrons. The summed E-state index contributed by atoms with van der Waals surface area (Å²) in [5.74, 6) is -4.86. The molecule has 0 spiro atoms. The number of rotatable bonds is 9. The van der Waals surface area contributed by atoms with E-state index in [9.17, 15) is 35.6 Å². The Labute approximate surface area is 213 Å². The van der Waals surface area contributed by atoms with Crippen LogP contribution < -0.4 is 16.4 Å². The fourth-order valence-corrected chi connectivity index (χ4v) is 4.85. The maximum absolute atomic E-state index is 14.0. The van der Waals surface area contributed by atoms with Gasteiger partial charge >= 0.3 is 12.2 Å². The second-order valence-corrected chi connectivity index (χ2v) is 11.3. The van der Waals surface area contributed by atoms with Crippen LogP contribution in [0.15, 0.2) is 42.5 Å². The molecule has 0 saturated carbocycles. The molecule has 1 aromatic heterocycles. The summed E-state index contributed by atoms with van der Waals surface area (Å²) in [6.45, 7) is -0.828. The molecule has 2 aromatic carbocycles. The van der Waals surface area contributed by atoms with Crippen molar-refractivity contribution in [1.82, 2.24) is 9.88 Å². The zero-order valence-electron chi connectivity index (χ0n) is 19.4. The normalized spacial score (nSPS) is 12.8. The maximum atomic E-state index is 14.0. The molecular formula is C22H23F4N5O4S2. The molecule has 200 valence electrons. The first-order valence-electron chi connectivity index (χ1n) is 10.7. The van der Waals surface area contributed by atoms with Gasteiger partial charge in [0, 0.05) is 31.6 Å². The number of aromatic nitrogens is 1. The number of hydrogen-bond acceptors (Lipinski definition) is 7. The average Bonchev–Trinajstić information content (AvgIpc) is 3.18. The summed E-state index contributed by atoms with van der Waals surface area (Å²) in [4.78, 5) is 30.1. The van der Waals surface area contributed by atoms with Crippen LogP contribution in [0.1, 0.15) is 11.5 Å². The number of fused-ring (bicyclic) bond motifs is 1. The number of sulfone groups is 1. The molecule has 4 N–H and O–H groups in total. The van der Waals surface area contributed by atoms with Gasteiger partial charge < -0.3 is 16.0 Å². The van der Waals surface area contributed by atoms with Crippen LogP contribution in [-0.4, -0.2) is 68.1 Å². The highest BCUT2D eigenvalue weighted by Crippen LogP contribution is 2.38. The predicted octanol–water partition coefficient (Wildman–Crippen LogP) is 3.56. The maximum Gasteiger partial charge on any atom is 0.404 e. The zero-order chi connectivity index (χ0) is 27.4. The van der Waals surface area contributed by atoms with Gasteiger partial charge in [-0.15, -0.1) is 0 Å². The summed E-state index contributed by atoms with van der Waals surface area (Å²) >= 11 is 0.890. The smallest absolute Gasteiger partial charge is 0.340 e. The Kier molecular flexibility index (Phi) is 8.71. The van der Waals surface area contributed by atoms with Crippen molar-refractivity contribution in [3.63, 3.8) is 0 Å². The predicted molar refractivity (Wildman–Crippen MR) is 133 cm³/mol. The Hall–Kier alpha value is -3.30. The molecule has 0 aliphatic carbocycles. The van der Waals surface area contributed by atoms with Crippen LogP contribution in [0.3, 0.4) is 0 Å². The molecule has 37 heavy (non-hydrogen) atoms. The number of nitrogens with one attached hydrogen (secondary N) is 2. The van der Waals surface area contributed by atoms with Crippen LogP contribution in [0.2, 0.25) is 0 Å². The number of nitrogens with two attached hydrogens (primary N) is 1. The topological polar surface area (TPSA) is 134 Å². The summed E-state index contributed by atoms with van der Waals surface area (Å²) < 4.78 is 78.4. The number of carbonyl (C=O) groups excluding carboxylic acids is 2. The third-order valence-electron chi connectivity index (χ3n) is 5.09. The van der Waals surface area contributed by atoms with Crippen molar-refractivity contribution in [3.05, 3.63) is 53.8 Å². The van der Waals surface area contributed by atoms with Gasteiger partial charge in [0.1, 0.15) is 15.7 Å². The van der Waals surface area contributed by atoms with Gasteiger partial charge in [-0.2, -0.15) is 13.2 Å². The second kappa shape index (κ2) is 11.4. The van der Waals surface area contributed by atoms with Gasteiger partial charge in [-0.05, 0) is 42.0 Å². The van der Waals surface area contributed by atoms with E-state index >= 15 is 0 Å². The van der Waals surface area contributed by atoms with Gasteiger partial charge in [-0.3, -0.25) is 10.1 Å². The number of halogens is 4. The molecular weight excluding hydrogens is 538 g/mol. The van der Waals surface area contributed by atoms with E-state index in [2.05, 4.69) is 15.6 Å². The van der Waals surface area contributed by atoms with Crippen LogP contribution in [0.5, 0.6) is 0 Å². The van der Waals surface area contributed by atoms with Crippen LogP contribution >= 0.6 is 11.3 Å². The zero-order valence-corrected chi connectivity index (χ0v) is 21.0. The van der Waals surface area contributed by atoms with Crippen molar-refractivity contribution in [2.75, 3.05) is 42.3 Å². The van der Waals surface area contributed by atoms with E-state index in [1.165, 1.54) is 18.2 Å². The van der Waals surface area contributed by atoms with E-state index in [4.69, 9.17) is 5.73 Å². The van der Waals surface area contributed by atoms with Crippen LogP contribution in [0.4, 0.5) is 33.2 Å². The van der Waals surface area contributed by atoms with Crippen LogP contribution in [0, 0.1) is 5.82 Å². The highest BCUT2D eigenvalue weighted by Gasteiger charge is 2.47. The molecule has 1 atom stereocenters. The highest BCUT2D eigenvalue weighted by molar-refractivity contribution is 7.90. The van der Waals surface area contributed by atoms with Gasteiger partial charge in [0.2, 0.25) is 5.91 Å². The summed E-state index contributed by atoms with van der Waals surface area (Å²) in [6, 6.07) is 7.86. The molecule has 1 heterocycles. The van der Waals surface area contributed by atoms with Gasteiger partial charge in [0.25, 0.3) is 0 Å². The Morgan fingerprint density at radius 1 is 1.11 bits per heavy atom. The van der Waals surface area contributed by atoms with Crippen molar-refractivity contribution in [3.8, 4) is 0 Å². The molecule has 0 unspecified atom stereocenters. The lowest BCUT2D eigenvalue weighted by Crippen LogP contribution is -2.45. The number of thiazole rings is 1. The van der Waals surface area contributed by atoms with Gasteiger partial charge in [0.15, 0.2) is 11.0 Å². The SMILES string of the molecule is CS(=O)(=O)CCN(CCN)C(=O)[C@@H](c1ccc2nc(NC(=O)Nc3ccc(F)cc3)sc2c1)C(F)(F)F. The van der Waals surface area contributed by atoms with E-state index in [0.29, 0.717) is 5.69 Å². The molecule has 0 aliphatic rings. The lowest BCUT2D eigenvalue weighted by Gasteiger charge is -2.28. The summed E-state index contributed by atoms with van der Waals surface area (Å²) in [6.07, 6.45) is -4.05. The van der Waals surface area contributed by atoms with Crippen LogP contribution in [0.25, 0.3) is 10.2 Å². The largest absolute Gasteiger partial charge is 0.404 e. The standard InChI is InChI=1S/C22H23F4N5O4S2/c1-37(34,35)11-10-31(9-8-27)19(32)18(22(24,25)26)13-2-7-16-17(12-13)36-21(29-16)30-20(33)28-15-5-3-14(23)4-6-15/h2-7,12,18H,8-11,27H2,1H3,(H2,28,29,30,33)/t18-/m1/s1. The molecule has 0 saturated heterocycles. The lowest BCUT2D eigenvalue weighted by molar-refractivity contribution is -0.171. The summed E-state index contributed by atoms with van der Waals surface area (Å²) in [5.41, 5.74) is 5.67. The second-order valence-electron chi connectivity index (χ2n) is 8.05. The van der Waals surface area contributed by atoms with Gasteiger partial charge in [-0.25, -0.2) is 22.6 Å². The molecule has 0 bridgehead atoms. The number of nitrogens with zero attached hydrogens (tertiary/aromatic N) is 2. The quantitative estimate of drug-likeness (QED) is 0.342. The third kappa shape index (κ3) is 7.84. The van der Waals surface area contributed by atoms with E-state index in [1.54, 1.807) is 0 Å². The Morgan fingerprint density at radius 2 is 1.78 bits per heavy atom. The Morgan fingerprint density at radius 3 is 2.38 bits per heavy atom. The number of hydrogen-bond donors (Lipinski definition) is 3. The van der Waals surface area contributed by atoms with Gasteiger partial charge in [0.05, 0.1) is 16.0 Å².